The normalized spacial score (nSPS) is 13.8. The zero-order valence-corrected chi connectivity index (χ0v) is 17.0. The van der Waals surface area contributed by atoms with Crippen LogP contribution in [0, 0.1) is 6.92 Å². The van der Waals surface area contributed by atoms with E-state index in [-0.39, 0.29) is 11.5 Å². The van der Waals surface area contributed by atoms with Gasteiger partial charge in [-0.2, -0.15) is 0 Å². The quantitative estimate of drug-likeness (QED) is 0.312. The summed E-state index contributed by atoms with van der Waals surface area (Å²) in [7, 11) is 0. The number of rotatable bonds is 7. The lowest BCUT2D eigenvalue weighted by Crippen LogP contribution is -2.08. The second kappa shape index (κ2) is 7.52. The molecule has 2 aromatic carbocycles. The molecule has 5 nitrogen and oxygen atoms in total. The first-order valence-electron chi connectivity index (χ1n) is 9.82. The maximum Gasteiger partial charge on any atom is 0.208 e. The van der Waals surface area contributed by atoms with Crippen LogP contribution in [0.3, 0.4) is 0 Å². The minimum atomic E-state index is -0.0223. The van der Waals surface area contributed by atoms with Crippen molar-refractivity contribution in [2.75, 3.05) is 5.75 Å². The van der Waals surface area contributed by atoms with Crippen molar-refractivity contribution in [3.8, 4) is 0 Å². The monoisotopic (exact) mass is 403 g/mol. The lowest BCUT2D eigenvalue weighted by atomic mass is 10.1. The molecule has 29 heavy (non-hydrogen) atoms. The van der Waals surface area contributed by atoms with E-state index in [1.165, 1.54) is 17.3 Å². The molecule has 146 valence electrons. The third kappa shape index (κ3) is 3.60. The summed E-state index contributed by atoms with van der Waals surface area (Å²) < 4.78 is 7.99. The molecule has 2 heterocycles. The van der Waals surface area contributed by atoms with Crippen molar-refractivity contribution >= 4 is 28.5 Å². The van der Waals surface area contributed by atoms with Gasteiger partial charge in [0.15, 0.2) is 10.9 Å². The Bertz CT molecular complexity index is 1180. The van der Waals surface area contributed by atoms with Crippen molar-refractivity contribution in [3.05, 3.63) is 77.3 Å². The molecule has 0 saturated heterocycles. The first-order chi connectivity index (χ1) is 14.2. The number of fused-ring (bicyclic) bond motifs is 1. The van der Waals surface area contributed by atoms with Crippen LogP contribution >= 0.6 is 11.8 Å². The number of carbonyl (C=O) groups is 1. The van der Waals surface area contributed by atoms with Gasteiger partial charge in [-0.3, -0.25) is 4.79 Å². The van der Waals surface area contributed by atoms with Crippen LogP contribution in [-0.4, -0.2) is 26.3 Å². The van der Waals surface area contributed by atoms with Crippen LogP contribution in [0.2, 0.25) is 0 Å². The number of thioether (sulfide) groups is 1. The topological polar surface area (TPSA) is 60.9 Å². The number of hydrogen-bond donors (Lipinski definition) is 0. The molecule has 5 rings (SSSR count). The summed E-state index contributed by atoms with van der Waals surface area (Å²) >= 11 is 1.43. The first-order valence-corrected chi connectivity index (χ1v) is 10.8. The second-order valence-corrected chi connectivity index (χ2v) is 8.39. The fourth-order valence-corrected chi connectivity index (χ4v) is 4.40. The number of furan rings is 1. The number of nitrogens with zero attached hydrogens (tertiary/aromatic N) is 3. The number of ketones is 1. The molecular weight excluding hydrogens is 382 g/mol. The molecule has 0 N–H and O–H groups in total. The second-order valence-electron chi connectivity index (χ2n) is 7.45. The Balaban J connectivity index is 1.37. The highest BCUT2D eigenvalue weighted by atomic mass is 32.2. The molecule has 1 aliphatic carbocycles. The van der Waals surface area contributed by atoms with E-state index in [0.717, 1.165) is 46.9 Å². The van der Waals surface area contributed by atoms with Crippen LogP contribution in [0.25, 0.3) is 11.0 Å². The molecule has 0 amide bonds. The number of carbonyl (C=O) groups excluding carboxylic acids is 1. The average Bonchev–Trinajstić information content (AvgIpc) is 3.44. The summed E-state index contributed by atoms with van der Waals surface area (Å²) in [5.74, 6) is 2.22. The fourth-order valence-electron chi connectivity index (χ4n) is 3.60. The summed E-state index contributed by atoms with van der Waals surface area (Å²) in [6.07, 6.45) is 2.32. The van der Waals surface area contributed by atoms with Gasteiger partial charge in [-0.15, -0.1) is 10.2 Å². The maximum absolute atomic E-state index is 12.9. The maximum atomic E-state index is 12.9. The van der Waals surface area contributed by atoms with Crippen molar-refractivity contribution in [1.82, 2.24) is 14.8 Å². The van der Waals surface area contributed by atoms with E-state index in [9.17, 15) is 4.79 Å². The number of Topliss-reactive ketones (excluding diaryl/α,β-unsaturated/α-hetero) is 1. The largest absolute Gasteiger partial charge is 0.453 e. The molecule has 0 aliphatic heterocycles. The van der Waals surface area contributed by atoms with E-state index in [4.69, 9.17) is 4.42 Å². The van der Waals surface area contributed by atoms with Crippen LogP contribution in [-0.2, 0) is 6.54 Å². The number of hydrogen-bond acceptors (Lipinski definition) is 5. The van der Waals surface area contributed by atoms with Crippen molar-refractivity contribution < 1.29 is 9.21 Å². The van der Waals surface area contributed by atoms with Gasteiger partial charge in [-0.25, -0.2) is 0 Å². The van der Waals surface area contributed by atoms with Crippen molar-refractivity contribution in [2.24, 2.45) is 0 Å². The van der Waals surface area contributed by atoms with Gasteiger partial charge in [-0.1, -0.05) is 60.3 Å². The van der Waals surface area contributed by atoms with E-state index in [1.807, 2.05) is 49.4 Å². The summed E-state index contributed by atoms with van der Waals surface area (Å²) in [6.45, 7) is 2.66. The zero-order chi connectivity index (χ0) is 19.8. The van der Waals surface area contributed by atoms with Gasteiger partial charge in [0, 0.05) is 16.9 Å². The molecule has 0 radical (unpaired) electrons. The molecule has 0 bridgehead atoms. The van der Waals surface area contributed by atoms with Gasteiger partial charge in [0.1, 0.15) is 11.4 Å². The van der Waals surface area contributed by atoms with Gasteiger partial charge >= 0.3 is 0 Å². The van der Waals surface area contributed by atoms with Gasteiger partial charge < -0.3 is 8.98 Å². The molecule has 0 unspecified atom stereocenters. The molecule has 1 aliphatic rings. The van der Waals surface area contributed by atoms with Gasteiger partial charge in [0.05, 0.1) is 12.3 Å². The molecule has 6 heteroatoms. The van der Waals surface area contributed by atoms with E-state index < -0.39 is 0 Å². The zero-order valence-electron chi connectivity index (χ0n) is 16.2. The Morgan fingerprint density at radius 1 is 1.10 bits per heavy atom. The Morgan fingerprint density at radius 3 is 2.62 bits per heavy atom. The van der Waals surface area contributed by atoms with Gasteiger partial charge in [0.25, 0.3) is 0 Å². The summed E-state index contributed by atoms with van der Waals surface area (Å²) in [5.41, 5.74) is 2.85. The van der Waals surface area contributed by atoms with Crippen LogP contribution in [0.15, 0.2) is 64.2 Å². The number of para-hydroxylation sites is 1. The average molecular weight is 404 g/mol. The predicted molar refractivity (Wildman–Crippen MR) is 114 cm³/mol. The van der Waals surface area contributed by atoms with Crippen LogP contribution in [0.5, 0.6) is 0 Å². The van der Waals surface area contributed by atoms with E-state index in [0.29, 0.717) is 11.7 Å². The smallest absolute Gasteiger partial charge is 0.208 e. The van der Waals surface area contributed by atoms with Crippen molar-refractivity contribution in [2.45, 2.75) is 37.4 Å². The molecule has 0 spiro atoms. The standard InChI is InChI=1S/C23H21N3O2S/c1-15-18-9-5-6-10-20(18)28-21(15)19(27)14-29-23-25-24-22(17-11-12-17)26(23)13-16-7-3-2-4-8-16/h2-10,17H,11-14H2,1H3. The molecule has 2 aromatic heterocycles. The Kier molecular flexibility index (Phi) is 4.72. The summed E-state index contributed by atoms with van der Waals surface area (Å²) in [5, 5.41) is 10.6. The first kappa shape index (κ1) is 18.2. The summed E-state index contributed by atoms with van der Waals surface area (Å²) in [4.78, 5) is 12.9. The molecule has 0 atom stereocenters. The van der Waals surface area contributed by atoms with Crippen LogP contribution in [0.4, 0.5) is 0 Å². The minimum Gasteiger partial charge on any atom is -0.453 e. The van der Waals surface area contributed by atoms with Crippen LogP contribution in [0.1, 0.15) is 46.3 Å². The molecule has 4 aromatic rings. The Hall–Kier alpha value is -2.86. The van der Waals surface area contributed by atoms with E-state index >= 15 is 0 Å². The third-order valence-corrected chi connectivity index (χ3v) is 6.27. The Labute approximate surface area is 173 Å². The fraction of sp³-hybridized carbons (Fsp3) is 0.261. The number of benzene rings is 2. The van der Waals surface area contributed by atoms with E-state index in [1.54, 1.807) is 0 Å². The third-order valence-electron chi connectivity index (χ3n) is 5.30. The number of aromatic nitrogens is 3. The highest BCUT2D eigenvalue weighted by Gasteiger charge is 2.30. The molecular formula is C23H21N3O2S. The molecule has 1 saturated carbocycles. The van der Waals surface area contributed by atoms with Crippen LogP contribution < -0.4 is 0 Å². The highest BCUT2D eigenvalue weighted by Crippen LogP contribution is 2.40. The summed E-state index contributed by atoms with van der Waals surface area (Å²) in [6, 6.07) is 18.1. The lowest BCUT2D eigenvalue weighted by Gasteiger charge is -2.09. The van der Waals surface area contributed by atoms with Crippen molar-refractivity contribution in [3.63, 3.8) is 0 Å². The van der Waals surface area contributed by atoms with Gasteiger partial charge in [0.2, 0.25) is 5.78 Å². The predicted octanol–water partition coefficient (Wildman–Crippen LogP) is 5.23. The SMILES string of the molecule is Cc1c(C(=O)CSc2nnc(C3CC3)n2Cc2ccccc2)oc2ccccc12. The highest BCUT2D eigenvalue weighted by molar-refractivity contribution is 7.99. The number of aryl methyl sites for hydroxylation is 1. The minimum absolute atomic E-state index is 0.0223. The van der Waals surface area contributed by atoms with Crippen molar-refractivity contribution in [1.29, 1.82) is 0 Å². The molecule has 1 fully saturated rings. The van der Waals surface area contributed by atoms with Gasteiger partial charge in [-0.05, 0) is 31.4 Å². The lowest BCUT2D eigenvalue weighted by molar-refractivity contribution is 0.0993. The Morgan fingerprint density at radius 2 is 1.86 bits per heavy atom. The van der Waals surface area contributed by atoms with E-state index in [2.05, 4.69) is 26.9 Å².